The third kappa shape index (κ3) is 1.79. The minimum absolute atomic E-state index is 0.188. The summed E-state index contributed by atoms with van der Waals surface area (Å²) in [5, 5.41) is 6.50. The normalized spacial score (nSPS) is 35.2. The quantitative estimate of drug-likeness (QED) is 0.731. The van der Waals surface area contributed by atoms with Gasteiger partial charge >= 0.3 is 6.03 Å². The molecule has 2 atom stereocenters. The second-order valence-corrected chi connectivity index (χ2v) is 5.40. The number of urea groups is 1. The molecule has 0 aromatic carbocycles. The van der Waals surface area contributed by atoms with Gasteiger partial charge in [-0.15, -0.1) is 0 Å². The maximum absolute atomic E-state index is 11.9. The Morgan fingerprint density at radius 3 is 2.81 bits per heavy atom. The van der Waals surface area contributed by atoms with Crippen LogP contribution < -0.4 is 10.6 Å². The topological polar surface area (TPSA) is 44.4 Å². The van der Waals surface area contributed by atoms with E-state index in [0.717, 1.165) is 19.6 Å². The molecule has 4 heteroatoms. The van der Waals surface area contributed by atoms with Gasteiger partial charge < -0.3 is 15.5 Å². The molecule has 1 aliphatic carbocycles. The van der Waals surface area contributed by atoms with Gasteiger partial charge in [0, 0.05) is 6.54 Å². The van der Waals surface area contributed by atoms with Crippen LogP contribution in [0, 0.1) is 5.92 Å². The molecule has 0 spiro atoms. The average molecular weight is 223 g/mol. The SMILES string of the molecule is O=C1NC2CCCC2N1CC1CCNCC1. The lowest BCUT2D eigenvalue weighted by Gasteiger charge is -2.29. The number of piperidine rings is 1. The standard InChI is InChI=1S/C12H21N3O/c16-12-14-10-2-1-3-11(10)15(12)8-9-4-6-13-7-5-9/h9-11,13H,1-8H2,(H,14,16). The largest absolute Gasteiger partial charge is 0.333 e. The van der Waals surface area contributed by atoms with Gasteiger partial charge in [0.15, 0.2) is 0 Å². The van der Waals surface area contributed by atoms with Crippen molar-refractivity contribution in [2.75, 3.05) is 19.6 Å². The van der Waals surface area contributed by atoms with Crippen molar-refractivity contribution < 1.29 is 4.79 Å². The zero-order chi connectivity index (χ0) is 11.0. The number of nitrogens with zero attached hydrogens (tertiary/aromatic N) is 1. The molecule has 0 radical (unpaired) electrons. The second kappa shape index (κ2) is 4.24. The van der Waals surface area contributed by atoms with Gasteiger partial charge in [0.2, 0.25) is 0 Å². The van der Waals surface area contributed by atoms with Crippen LogP contribution in [0.2, 0.25) is 0 Å². The van der Waals surface area contributed by atoms with E-state index < -0.39 is 0 Å². The van der Waals surface area contributed by atoms with E-state index in [0.29, 0.717) is 18.0 Å². The number of carbonyl (C=O) groups excluding carboxylic acids is 1. The molecule has 2 saturated heterocycles. The number of carbonyl (C=O) groups is 1. The van der Waals surface area contributed by atoms with Gasteiger partial charge in [0.05, 0.1) is 12.1 Å². The lowest BCUT2D eigenvalue weighted by molar-refractivity contribution is 0.180. The molecule has 2 unspecified atom stereocenters. The van der Waals surface area contributed by atoms with Crippen molar-refractivity contribution in [2.24, 2.45) is 5.92 Å². The summed E-state index contributed by atoms with van der Waals surface area (Å²) in [5.74, 6) is 0.714. The molecular weight excluding hydrogens is 202 g/mol. The summed E-state index contributed by atoms with van der Waals surface area (Å²) in [4.78, 5) is 14.0. The monoisotopic (exact) mass is 223 g/mol. The van der Waals surface area contributed by atoms with Crippen molar-refractivity contribution in [1.29, 1.82) is 0 Å². The smallest absolute Gasteiger partial charge is 0.318 e. The van der Waals surface area contributed by atoms with Crippen molar-refractivity contribution in [3.8, 4) is 0 Å². The van der Waals surface area contributed by atoms with Gasteiger partial charge in [-0.2, -0.15) is 0 Å². The average Bonchev–Trinajstić information content (AvgIpc) is 2.84. The van der Waals surface area contributed by atoms with Crippen LogP contribution in [0.4, 0.5) is 4.79 Å². The Bertz CT molecular complexity index is 275. The van der Waals surface area contributed by atoms with Gasteiger partial charge in [-0.25, -0.2) is 4.79 Å². The lowest BCUT2D eigenvalue weighted by Crippen LogP contribution is -2.41. The zero-order valence-corrected chi connectivity index (χ0v) is 9.74. The Kier molecular flexibility index (Phi) is 2.75. The Morgan fingerprint density at radius 2 is 2.00 bits per heavy atom. The van der Waals surface area contributed by atoms with E-state index in [1.54, 1.807) is 0 Å². The number of rotatable bonds is 2. The first kappa shape index (κ1) is 10.4. The summed E-state index contributed by atoms with van der Waals surface area (Å²) in [6, 6.07) is 1.14. The van der Waals surface area contributed by atoms with Gasteiger partial charge in [0.25, 0.3) is 0 Å². The zero-order valence-electron chi connectivity index (χ0n) is 9.74. The van der Waals surface area contributed by atoms with E-state index in [2.05, 4.69) is 15.5 Å². The van der Waals surface area contributed by atoms with Crippen molar-refractivity contribution in [3.05, 3.63) is 0 Å². The van der Waals surface area contributed by atoms with E-state index >= 15 is 0 Å². The molecule has 0 bridgehead atoms. The maximum Gasteiger partial charge on any atom is 0.318 e. The highest BCUT2D eigenvalue weighted by Gasteiger charge is 2.42. The first-order valence-corrected chi connectivity index (χ1v) is 6.62. The highest BCUT2D eigenvalue weighted by molar-refractivity contribution is 5.77. The van der Waals surface area contributed by atoms with Crippen molar-refractivity contribution >= 4 is 6.03 Å². The molecule has 16 heavy (non-hydrogen) atoms. The molecule has 1 saturated carbocycles. The number of nitrogens with one attached hydrogen (secondary N) is 2. The van der Waals surface area contributed by atoms with Crippen LogP contribution in [0.1, 0.15) is 32.1 Å². The van der Waals surface area contributed by atoms with E-state index in [4.69, 9.17) is 0 Å². The van der Waals surface area contributed by atoms with Crippen molar-refractivity contribution in [2.45, 2.75) is 44.2 Å². The van der Waals surface area contributed by atoms with Crippen LogP contribution in [0.3, 0.4) is 0 Å². The molecule has 2 N–H and O–H groups in total. The third-order valence-corrected chi connectivity index (χ3v) is 4.36. The second-order valence-electron chi connectivity index (χ2n) is 5.40. The fraction of sp³-hybridized carbons (Fsp3) is 0.917. The van der Waals surface area contributed by atoms with Crippen LogP contribution in [-0.2, 0) is 0 Å². The van der Waals surface area contributed by atoms with Crippen LogP contribution in [-0.4, -0.2) is 42.6 Å². The third-order valence-electron chi connectivity index (χ3n) is 4.36. The van der Waals surface area contributed by atoms with Gasteiger partial charge in [-0.05, 0) is 51.1 Å². The highest BCUT2D eigenvalue weighted by atomic mass is 16.2. The summed E-state index contributed by atoms with van der Waals surface area (Å²) in [6.07, 6.45) is 6.11. The van der Waals surface area contributed by atoms with Gasteiger partial charge in [-0.1, -0.05) is 0 Å². The molecule has 0 aromatic rings. The van der Waals surface area contributed by atoms with E-state index in [-0.39, 0.29) is 6.03 Å². The van der Waals surface area contributed by atoms with Crippen LogP contribution in [0.15, 0.2) is 0 Å². The molecule has 3 rings (SSSR count). The maximum atomic E-state index is 11.9. The Hall–Kier alpha value is -0.770. The van der Waals surface area contributed by atoms with Crippen molar-refractivity contribution in [3.63, 3.8) is 0 Å². The number of hydrogen-bond acceptors (Lipinski definition) is 2. The lowest BCUT2D eigenvalue weighted by atomic mass is 9.97. The molecule has 2 aliphatic heterocycles. The first-order chi connectivity index (χ1) is 7.84. The Balaban J connectivity index is 1.62. The molecular formula is C12H21N3O. The first-order valence-electron chi connectivity index (χ1n) is 6.62. The van der Waals surface area contributed by atoms with Gasteiger partial charge in [0.1, 0.15) is 0 Å². The molecule has 2 heterocycles. The van der Waals surface area contributed by atoms with Crippen molar-refractivity contribution in [1.82, 2.24) is 15.5 Å². The summed E-state index contributed by atoms with van der Waals surface area (Å²) >= 11 is 0. The number of amides is 2. The fourth-order valence-corrected chi connectivity index (χ4v) is 3.43. The molecule has 90 valence electrons. The summed E-state index contributed by atoms with van der Waals surface area (Å²) < 4.78 is 0. The fourth-order valence-electron chi connectivity index (χ4n) is 3.43. The summed E-state index contributed by atoms with van der Waals surface area (Å²) in [5.41, 5.74) is 0. The summed E-state index contributed by atoms with van der Waals surface area (Å²) in [7, 11) is 0. The van der Waals surface area contributed by atoms with Crippen LogP contribution in [0.5, 0.6) is 0 Å². The Labute approximate surface area is 96.8 Å². The molecule has 0 aromatic heterocycles. The number of hydrogen-bond donors (Lipinski definition) is 2. The van der Waals surface area contributed by atoms with E-state index in [1.165, 1.54) is 32.1 Å². The molecule has 4 nitrogen and oxygen atoms in total. The van der Waals surface area contributed by atoms with Crippen LogP contribution in [0.25, 0.3) is 0 Å². The number of fused-ring (bicyclic) bond motifs is 1. The molecule has 2 amide bonds. The van der Waals surface area contributed by atoms with E-state index in [9.17, 15) is 4.79 Å². The predicted octanol–water partition coefficient (Wildman–Crippen LogP) is 0.932. The molecule has 3 fully saturated rings. The molecule has 3 aliphatic rings. The minimum atomic E-state index is 0.188. The van der Waals surface area contributed by atoms with E-state index in [1.807, 2.05) is 0 Å². The Morgan fingerprint density at radius 1 is 1.19 bits per heavy atom. The summed E-state index contributed by atoms with van der Waals surface area (Å²) in [6.45, 7) is 3.22. The highest BCUT2D eigenvalue weighted by Crippen LogP contribution is 2.30. The van der Waals surface area contributed by atoms with Crippen LogP contribution >= 0.6 is 0 Å². The predicted molar refractivity (Wildman–Crippen MR) is 62.3 cm³/mol. The van der Waals surface area contributed by atoms with Gasteiger partial charge in [-0.3, -0.25) is 0 Å². The minimum Gasteiger partial charge on any atom is -0.333 e.